The van der Waals surface area contributed by atoms with Crippen molar-refractivity contribution in [3.8, 4) is 5.75 Å². The number of ether oxygens (including phenoxy) is 4. The SMILES string of the molecule is COC(=O)C1=C(C(=O)OC)N(c2ccc(OCc3ccc(C(=O)O)o3)cc2)COC1. The molecular formula is C20H19NO9. The number of benzene rings is 1. The summed E-state index contributed by atoms with van der Waals surface area (Å²) >= 11 is 0. The normalized spacial score (nSPS) is 13.7. The third kappa shape index (κ3) is 4.44. The van der Waals surface area contributed by atoms with Crippen LogP contribution in [0.25, 0.3) is 0 Å². The Morgan fingerprint density at radius 1 is 1.03 bits per heavy atom. The average molecular weight is 417 g/mol. The number of carboxylic acids is 1. The summed E-state index contributed by atoms with van der Waals surface area (Å²) in [7, 11) is 2.44. The number of carbonyl (C=O) groups excluding carboxylic acids is 2. The van der Waals surface area contributed by atoms with Crippen LogP contribution in [0.4, 0.5) is 5.69 Å². The zero-order chi connectivity index (χ0) is 21.7. The Morgan fingerprint density at radius 3 is 2.33 bits per heavy atom. The first-order valence-electron chi connectivity index (χ1n) is 8.74. The summed E-state index contributed by atoms with van der Waals surface area (Å²) in [4.78, 5) is 36.7. The van der Waals surface area contributed by atoms with Gasteiger partial charge in [-0.15, -0.1) is 0 Å². The summed E-state index contributed by atoms with van der Waals surface area (Å²) in [6, 6.07) is 9.51. The monoisotopic (exact) mass is 417 g/mol. The molecule has 10 nitrogen and oxygen atoms in total. The molecule has 1 aliphatic heterocycles. The summed E-state index contributed by atoms with van der Waals surface area (Å²) in [6.45, 7) is 0.00499. The number of hydrogen-bond donors (Lipinski definition) is 1. The molecule has 0 aliphatic carbocycles. The first kappa shape index (κ1) is 20.9. The molecule has 3 rings (SSSR count). The Balaban J connectivity index is 1.77. The zero-order valence-corrected chi connectivity index (χ0v) is 16.2. The van der Waals surface area contributed by atoms with E-state index in [1.807, 2.05) is 0 Å². The minimum atomic E-state index is -1.16. The number of esters is 2. The van der Waals surface area contributed by atoms with Gasteiger partial charge in [-0.1, -0.05) is 0 Å². The topological polar surface area (TPSA) is 125 Å². The molecule has 2 aromatic rings. The molecule has 0 saturated heterocycles. The van der Waals surface area contributed by atoms with Gasteiger partial charge in [-0.25, -0.2) is 14.4 Å². The van der Waals surface area contributed by atoms with E-state index in [0.717, 1.165) is 0 Å². The van der Waals surface area contributed by atoms with Gasteiger partial charge in [-0.3, -0.25) is 0 Å². The molecule has 1 aromatic heterocycles. The number of anilines is 1. The van der Waals surface area contributed by atoms with Crippen LogP contribution in [0.1, 0.15) is 16.3 Å². The molecule has 0 saturated carbocycles. The van der Waals surface area contributed by atoms with Crippen molar-refractivity contribution in [2.45, 2.75) is 6.61 Å². The lowest BCUT2D eigenvalue weighted by Gasteiger charge is -2.31. The summed E-state index contributed by atoms with van der Waals surface area (Å²) < 4.78 is 25.7. The van der Waals surface area contributed by atoms with E-state index in [-0.39, 0.29) is 37.0 Å². The first-order valence-corrected chi connectivity index (χ1v) is 8.74. The Labute approximate surface area is 171 Å². The molecular weight excluding hydrogens is 398 g/mol. The lowest BCUT2D eigenvalue weighted by Crippen LogP contribution is -2.38. The number of carbonyl (C=O) groups is 3. The highest BCUT2D eigenvalue weighted by atomic mass is 16.5. The maximum absolute atomic E-state index is 12.3. The molecule has 158 valence electrons. The van der Waals surface area contributed by atoms with Gasteiger partial charge in [0.05, 0.1) is 26.4 Å². The van der Waals surface area contributed by atoms with Crippen LogP contribution >= 0.6 is 0 Å². The van der Waals surface area contributed by atoms with Crippen LogP contribution in [-0.4, -0.2) is 50.6 Å². The van der Waals surface area contributed by atoms with E-state index in [4.69, 9.17) is 28.5 Å². The van der Waals surface area contributed by atoms with Gasteiger partial charge in [0.15, 0.2) is 0 Å². The van der Waals surface area contributed by atoms with Crippen molar-refractivity contribution >= 4 is 23.6 Å². The van der Waals surface area contributed by atoms with Crippen molar-refractivity contribution in [1.82, 2.24) is 0 Å². The number of nitrogens with zero attached hydrogens (tertiary/aromatic N) is 1. The fourth-order valence-corrected chi connectivity index (χ4v) is 2.79. The number of carboxylic acid groups (broad SMARTS) is 1. The van der Waals surface area contributed by atoms with Crippen LogP contribution in [-0.2, 0) is 30.4 Å². The van der Waals surface area contributed by atoms with Crippen molar-refractivity contribution in [2.75, 3.05) is 32.5 Å². The molecule has 1 N–H and O–H groups in total. The predicted molar refractivity (Wildman–Crippen MR) is 101 cm³/mol. The molecule has 0 fully saturated rings. The van der Waals surface area contributed by atoms with Gasteiger partial charge in [0.2, 0.25) is 5.76 Å². The fraction of sp³-hybridized carbons (Fsp3) is 0.250. The second kappa shape index (κ2) is 9.14. The fourth-order valence-electron chi connectivity index (χ4n) is 2.79. The smallest absolute Gasteiger partial charge is 0.371 e. The maximum Gasteiger partial charge on any atom is 0.371 e. The molecule has 1 aromatic carbocycles. The van der Waals surface area contributed by atoms with Gasteiger partial charge in [-0.2, -0.15) is 0 Å². The molecule has 1 aliphatic rings. The van der Waals surface area contributed by atoms with Crippen molar-refractivity contribution < 1.29 is 42.9 Å². The third-order valence-corrected chi connectivity index (χ3v) is 4.24. The molecule has 0 atom stereocenters. The molecule has 0 spiro atoms. The van der Waals surface area contributed by atoms with Crippen LogP contribution in [0.3, 0.4) is 0 Å². The number of hydrogen-bond acceptors (Lipinski definition) is 9. The van der Waals surface area contributed by atoms with Crippen molar-refractivity contribution in [1.29, 1.82) is 0 Å². The highest BCUT2D eigenvalue weighted by Gasteiger charge is 2.32. The Morgan fingerprint density at radius 2 is 1.73 bits per heavy atom. The standard InChI is InChI=1S/C20H19NO9/c1-26-19(24)15-10-28-11-21(17(15)20(25)27-2)12-3-5-13(6-4-12)29-9-14-7-8-16(30-14)18(22)23/h3-8H,9-11H2,1-2H3,(H,22,23). The van der Waals surface area contributed by atoms with Crippen molar-refractivity contribution in [3.05, 3.63) is 59.2 Å². The van der Waals surface area contributed by atoms with Gasteiger partial charge in [-0.05, 0) is 36.4 Å². The van der Waals surface area contributed by atoms with Gasteiger partial charge >= 0.3 is 17.9 Å². The number of furan rings is 1. The Bertz CT molecular complexity index is 974. The molecule has 0 bridgehead atoms. The molecule has 30 heavy (non-hydrogen) atoms. The van der Waals surface area contributed by atoms with Gasteiger partial charge in [0, 0.05) is 5.69 Å². The minimum absolute atomic E-state index is 0.0372. The van der Waals surface area contributed by atoms with Crippen LogP contribution in [0.15, 0.2) is 52.1 Å². The van der Waals surface area contributed by atoms with E-state index >= 15 is 0 Å². The molecule has 0 amide bonds. The first-order chi connectivity index (χ1) is 14.4. The third-order valence-electron chi connectivity index (χ3n) is 4.24. The summed E-state index contributed by atoms with van der Waals surface area (Å²) in [5.41, 5.74) is 0.666. The predicted octanol–water partition coefficient (Wildman–Crippen LogP) is 1.95. The van der Waals surface area contributed by atoms with E-state index < -0.39 is 17.9 Å². The lowest BCUT2D eigenvalue weighted by molar-refractivity contribution is -0.140. The van der Waals surface area contributed by atoms with Crippen LogP contribution < -0.4 is 9.64 Å². The van der Waals surface area contributed by atoms with E-state index in [2.05, 4.69) is 0 Å². The molecule has 10 heteroatoms. The summed E-state index contributed by atoms with van der Waals surface area (Å²) in [6.07, 6.45) is 0. The highest BCUT2D eigenvalue weighted by Crippen LogP contribution is 2.28. The van der Waals surface area contributed by atoms with E-state index in [0.29, 0.717) is 17.2 Å². The largest absolute Gasteiger partial charge is 0.486 e. The number of aromatic carboxylic acids is 1. The Kier molecular flexibility index (Phi) is 6.38. The van der Waals surface area contributed by atoms with E-state index in [1.54, 1.807) is 24.3 Å². The van der Waals surface area contributed by atoms with Crippen molar-refractivity contribution in [3.63, 3.8) is 0 Å². The number of methoxy groups -OCH3 is 2. The number of rotatable bonds is 7. The molecule has 0 radical (unpaired) electrons. The maximum atomic E-state index is 12.3. The zero-order valence-electron chi connectivity index (χ0n) is 16.2. The molecule has 0 unspecified atom stereocenters. The summed E-state index contributed by atoms with van der Waals surface area (Å²) in [5.74, 6) is -1.85. The quantitative estimate of drug-likeness (QED) is 0.668. The minimum Gasteiger partial charge on any atom is -0.486 e. The van der Waals surface area contributed by atoms with E-state index in [9.17, 15) is 14.4 Å². The highest BCUT2D eigenvalue weighted by molar-refractivity contribution is 6.03. The molecule has 2 heterocycles. The summed E-state index contributed by atoms with van der Waals surface area (Å²) in [5, 5.41) is 8.87. The van der Waals surface area contributed by atoms with Crippen LogP contribution in [0.2, 0.25) is 0 Å². The van der Waals surface area contributed by atoms with Gasteiger partial charge in [0.1, 0.15) is 30.5 Å². The van der Waals surface area contributed by atoms with Gasteiger partial charge < -0.3 is 33.4 Å². The lowest BCUT2D eigenvalue weighted by atomic mass is 10.1. The van der Waals surface area contributed by atoms with Gasteiger partial charge in [0.25, 0.3) is 0 Å². The average Bonchev–Trinajstić information content (AvgIpc) is 3.26. The van der Waals surface area contributed by atoms with Crippen LogP contribution in [0, 0.1) is 0 Å². The second-order valence-electron chi connectivity index (χ2n) is 6.07. The van der Waals surface area contributed by atoms with E-state index in [1.165, 1.54) is 31.3 Å². The van der Waals surface area contributed by atoms with Crippen LogP contribution in [0.5, 0.6) is 5.75 Å². The van der Waals surface area contributed by atoms with Crippen molar-refractivity contribution in [2.24, 2.45) is 0 Å². The second-order valence-corrected chi connectivity index (χ2v) is 6.07. The Hall–Kier alpha value is -3.79.